The molecule has 1 aromatic carbocycles. The van der Waals surface area contributed by atoms with Crippen molar-refractivity contribution in [3.8, 4) is 5.69 Å². The van der Waals surface area contributed by atoms with Crippen LogP contribution in [0.1, 0.15) is 5.56 Å². The lowest BCUT2D eigenvalue weighted by Gasteiger charge is -2.11. The number of hydrogen-bond acceptors (Lipinski definition) is 4. The molecule has 0 aliphatic carbocycles. The highest BCUT2D eigenvalue weighted by molar-refractivity contribution is 5.51. The fraction of sp³-hybridized carbons (Fsp3) is 0.0667. The topological polar surface area (TPSA) is 68.8 Å². The summed E-state index contributed by atoms with van der Waals surface area (Å²) in [5.41, 5.74) is 8.84. The third-order valence-corrected chi connectivity index (χ3v) is 3.01. The van der Waals surface area contributed by atoms with E-state index in [1.807, 2.05) is 47.3 Å². The Kier molecular flexibility index (Phi) is 3.33. The van der Waals surface area contributed by atoms with Gasteiger partial charge < -0.3 is 11.1 Å². The first-order valence-corrected chi connectivity index (χ1v) is 6.36. The van der Waals surface area contributed by atoms with Crippen molar-refractivity contribution >= 4 is 11.5 Å². The molecular weight excluding hydrogens is 250 g/mol. The Bertz CT molecular complexity index is 691. The maximum Gasteiger partial charge on any atom is 0.125 e. The average molecular weight is 265 g/mol. The van der Waals surface area contributed by atoms with Crippen LogP contribution in [0.4, 0.5) is 11.5 Å². The Hall–Kier alpha value is -2.82. The van der Waals surface area contributed by atoms with Gasteiger partial charge in [0.1, 0.15) is 5.82 Å². The SMILES string of the molecule is Nc1cc(NCc2ccccc2-n2cccn2)ccn1. The first-order chi connectivity index (χ1) is 9.83. The normalized spacial score (nSPS) is 10.4. The number of anilines is 2. The van der Waals surface area contributed by atoms with Crippen molar-refractivity contribution in [1.29, 1.82) is 0 Å². The van der Waals surface area contributed by atoms with E-state index in [2.05, 4.69) is 21.5 Å². The van der Waals surface area contributed by atoms with E-state index in [4.69, 9.17) is 5.73 Å². The first kappa shape index (κ1) is 12.2. The highest BCUT2D eigenvalue weighted by Crippen LogP contribution is 2.16. The van der Waals surface area contributed by atoms with Crippen molar-refractivity contribution in [2.24, 2.45) is 0 Å². The zero-order valence-corrected chi connectivity index (χ0v) is 10.9. The van der Waals surface area contributed by atoms with E-state index in [0.717, 1.165) is 16.9 Å². The van der Waals surface area contributed by atoms with Gasteiger partial charge >= 0.3 is 0 Å². The smallest absolute Gasteiger partial charge is 0.125 e. The zero-order valence-electron chi connectivity index (χ0n) is 10.9. The van der Waals surface area contributed by atoms with E-state index < -0.39 is 0 Å². The molecule has 0 aliphatic heterocycles. The summed E-state index contributed by atoms with van der Waals surface area (Å²) in [4.78, 5) is 3.98. The molecule has 2 heterocycles. The maximum atomic E-state index is 5.67. The molecule has 0 fully saturated rings. The molecule has 3 N–H and O–H groups in total. The van der Waals surface area contributed by atoms with E-state index in [1.54, 1.807) is 12.4 Å². The van der Waals surface area contributed by atoms with Crippen molar-refractivity contribution in [3.63, 3.8) is 0 Å². The summed E-state index contributed by atoms with van der Waals surface area (Å²) in [6.45, 7) is 0.694. The van der Waals surface area contributed by atoms with Crippen LogP contribution in [-0.2, 0) is 6.54 Å². The number of para-hydroxylation sites is 1. The van der Waals surface area contributed by atoms with Crippen LogP contribution < -0.4 is 11.1 Å². The second kappa shape index (κ2) is 5.44. The highest BCUT2D eigenvalue weighted by Gasteiger charge is 2.04. The van der Waals surface area contributed by atoms with Crippen LogP contribution in [0.15, 0.2) is 61.1 Å². The summed E-state index contributed by atoms with van der Waals surface area (Å²) in [6, 6.07) is 13.8. The molecule has 0 saturated carbocycles. The Balaban J connectivity index is 1.81. The molecule has 0 amide bonds. The summed E-state index contributed by atoms with van der Waals surface area (Å²) in [5.74, 6) is 0.510. The van der Waals surface area contributed by atoms with Crippen LogP contribution in [0.5, 0.6) is 0 Å². The van der Waals surface area contributed by atoms with Crippen molar-refractivity contribution in [2.45, 2.75) is 6.54 Å². The molecule has 0 atom stereocenters. The molecule has 20 heavy (non-hydrogen) atoms. The zero-order chi connectivity index (χ0) is 13.8. The molecule has 0 radical (unpaired) electrons. The van der Waals surface area contributed by atoms with E-state index in [9.17, 15) is 0 Å². The standard InChI is InChI=1S/C15H15N5/c16-15-10-13(6-8-17-15)18-11-12-4-1-2-5-14(12)20-9-3-7-19-20/h1-10H,11H2,(H3,16,17,18). The molecule has 100 valence electrons. The van der Waals surface area contributed by atoms with Gasteiger partial charge in [0.15, 0.2) is 0 Å². The molecule has 3 rings (SSSR count). The second-order valence-electron chi connectivity index (χ2n) is 4.40. The van der Waals surface area contributed by atoms with Gasteiger partial charge in [-0.05, 0) is 23.8 Å². The molecule has 0 spiro atoms. The molecule has 5 heteroatoms. The molecule has 0 unspecified atom stereocenters. The summed E-state index contributed by atoms with van der Waals surface area (Å²) in [7, 11) is 0. The molecule has 0 bridgehead atoms. The number of benzene rings is 1. The Morgan fingerprint density at radius 1 is 1.10 bits per heavy atom. The third kappa shape index (κ3) is 2.61. The minimum absolute atomic E-state index is 0.510. The fourth-order valence-electron chi connectivity index (χ4n) is 2.05. The average Bonchev–Trinajstić information content (AvgIpc) is 3.00. The van der Waals surface area contributed by atoms with Crippen LogP contribution in [0.3, 0.4) is 0 Å². The number of pyridine rings is 1. The van der Waals surface area contributed by atoms with Crippen molar-refractivity contribution < 1.29 is 0 Å². The largest absolute Gasteiger partial charge is 0.384 e. The lowest BCUT2D eigenvalue weighted by Crippen LogP contribution is -2.05. The van der Waals surface area contributed by atoms with Gasteiger partial charge in [-0.2, -0.15) is 5.10 Å². The molecule has 2 aromatic heterocycles. The number of nitrogens with zero attached hydrogens (tertiary/aromatic N) is 3. The Morgan fingerprint density at radius 3 is 2.80 bits per heavy atom. The Labute approximate surface area is 117 Å². The molecule has 3 aromatic rings. The molecule has 0 aliphatic rings. The van der Waals surface area contributed by atoms with E-state index in [0.29, 0.717) is 12.4 Å². The van der Waals surface area contributed by atoms with Gasteiger partial charge in [-0.15, -0.1) is 0 Å². The fourth-order valence-corrected chi connectivity index (χ4v) is 2.05. The summed E-state index contributed by atoms with van der Waals surface area (Å²) < 4.78 is 1.86. The van der Waals surface area contributed by atoms with E-state index in [1.165, 1.54) is 0 Å². The van der Waals surface area contributed by atoms with Crippen molar-refractivity contribution in [3.05, 3.63) is 66.6 Å². The van der Waals surface area contributed by atoms with Crippen LogP contribution in [-0.4, -0.2) is 14.8 Å². The van der Waals surface area contributed by atoms with Gasteiger partial charge in [0, 0.05) is 36.9 Å². The van der Waals surface area contributed by atoms with Gasteiger partial charge in [0.25, 0.3) is 0 Å². The number of hydrogen-bond donors (Lipinski definition) is 2. The minimum atomic E-state index is 0.510. The lowest BCUT2D eigenvalue weighted by molar-refractivity contribution is 0.864. The number of nitrogens with two attached hydrogens (primary N) is 1. The van der Waals surface area contributed by atoms with Crippen molar-refractivity contribution in [1.82, 2.24) is 14.8 Å². The first-order valence-electron chi connectivity index (χ1n) is 6.36. The quantitative estimate of drug-likeness (QED) is 0.760. The van der Waals surface area contributed by atoms with E-state index in [-0.39, 0.29) is 0 Å². The van der Waals surface area contributed by atoms with Crippen LogP contribution in [0, 0.1) is 0 Å². The number of rotatable bonds is 4. The van der Waals surface area contributed by atoms with Gasteiger partial charge in [-0.3, -0.25) is 0 Å². The molecular formula is C15H15N5. The number of nitrogen functional groups attached to an aromatic ring is 1. The van der Waals surface area contributed by atoms with Gasteiger partial charge in [0.05, 0.1) is 5.69 Å². The van der Waals surface area contributed by atoms with Gasteiger partial charge in [-0.1, -0.05) is 18.2 Å². The van der Waals surface area contributed by atoms with Crippen LogP contribution in [0.25, 0.3) is 5.69 Å². The van der Waals surface area contributed by atoms with Crippen LogP contribution in [0.2, 0.25) is 0 Å². The predicted molar refractivity (Wildman–Crippen MR) is 79.5 cm³/mol. The van der Waals surface area contributed by atoms with E-state index >= 15 is 0 Å². The lowest BCUT2D eigenvalue weighted by atomic mass is 10.1. The Morgan fingerprint density at radius 2 is 2.00 bits per heavy atom. The van der Waals surface area contributed by atoms with Gasteiger partial charge in [-0.25, -0.2) is 9.67 Å². The second-order valence-corrected chi connectivity index (χ2v) is 4.40. The molecule has 0 saturated heterocycles. The van der Waals surface area contributed by atoms with Gasteiger partial charge in [0.2, 0.25) is 0 Å². The maximum absolute atomic E-state index is 5.67. The third-order valence-electron chi connectivity index (χ3n) is 3.01. The highest BCUT2D eigenvalue weighted by atomic mass is 15.3. The molecule has 5 nitrogen and oxygen atoms in total. The number of nitrogens with one attached hydrogen (secondary N) is 1. The van der Waals surface area contributed by atoms with Crippen LogP contribution >= 0.6 is 0 Å². The summed E-state index contributed by atoms with van der Waals surface area (Å²) in [6.07, 6.45) is 5.40. The van der Waals surface area contributed by atoms with Crippen molar-refractivity contribution in [2.75, 3.05) is 11.1 Å². The minimum Gasteiger partial charge on any atom is -0.384 e. The predicted octanol–water partition coefficient (Wildman–Crippen LogP) is 2.46. The summed E-state index contributed by atoms with van der Waals surface area (Å²) >= 11 is 0. The summed E-state index contributed by atoms with van der Waals surface area (Å²) in [5, 5.41) is 7.62. The number of aromatic nitrogens is 3. The monoisotopic (exact) mass is 265 g/mol.